The molecule has 1 N–H and O–H groups in total. The van der Waals surface area contributed by atoms with Gasteiger partial charge in [0.1, 0.15) is 11.9 Å². The normalized spacial score (nSPS) is 11.7. The molecule has 1 aromatic carbocycles. The molecule has 0 aliphatic rings. The molecule has 1 unspecified atom stereocenters. The van der Waals surface area contributed by atoms with Crippen molar-refractivity contribution in [2.24, 2.45) is 7.05 Å². The van der Waals surface area contributed by atoms with Gasteiger partial charge in [0.05, 0.1) is 6.20 Å². The van der Waals surface area contributed by atoms with Gasteiger partial charge in [0.2, 0.25) is 5.91 Å². The third-order valence-corrected chi connectivity index (χ3v) is 3.96. The zero-order valence-corrected chi connectivity index (χ0v) is 15.7. The van der Waals surface area contributed by atoms with Gasteiger partial charge in [-0.2, -0.15) is 5.10 Å². The number of halogens is 2. The average molecular weight is 369 g/mol. The molecule has 25 heavy (non-hydrogen) atoms. The Morgan fingerprint density at radius 1 is 1.40 bits per heavy atom. The van der Waals surface area contributed by atoms with Crippen molar-refractivity contribution in [3.8, 4) is 0 Å². The van der Waals surface area contributed by atoms with E-state index in [4.69, 9.17) is 0 Å². The number of aryl methyl sites for hydroxylation is 1. The molecule has 0 fully saturated rings. The molecule has 0 spiro atoms. The highest BCUT2D eigenvalue weighted by Gasteiger charge is 2.25. The van der Waals surface area contributed by atoms with Gasteiger partial charge in [0.15, 0.2) is 0 Å². The second-order valence-electron chi connectivity index (χ2n) is 5.87. The number of carbonyl (C=O) groups is 1. The van der Waals surface area contributed by atoms with Gasteiger partial charge in [0, 0.05) is 31.9 Å². The first-order chi connectivity index (χ1) is 11.5. The van der Waals surface area contributed by atoms with Crippen LogP contribution >= 0.6 is 12.4 Å². The van der Waals surface area contributed by atoms with E-state index in [-0.39, 0.29) is 24.1 Å². The van der Waals surface area contributed by atoms with Crippen LogP contribution < -0.4 is 5.32 Å². The Bertz CT molecular complexity index is 677. The lowest BCUT2D eigenvalue weighted by atomic mass is 10.1. The number of likely N-dealkylation sites (N-methyl/N-ethyl adjacent to an activating group) is 1. The van der Waals surface area contributed by atoms with Crippen molar-refractivity contribution < 1.29 is 9.18 Å². The van der Waals surface area contributed by atoms with E-state index in [1.165, 1.54) is 12.1 Å². The van der Waals surface area contributed by atoms with Crippen molar-refractivity contribution in [1.82, 2.24) is 20.0 Å². The SMILES string of the molecule is CCCN(CCc1cccc(F)c1)C(=O)C(NC)c1cnn(C)c1.Cl. The number of nitrogens with zero attached hydrogens (tertiary/aromatic N) is 3. The van der Waals surface area contributed by atoms with Gasteiger partial charge in [-0.05, 0) is 37.6 Å². The van der Waals surface area contributed by atoms with E-state index in [0.29, 0.717) is 19.5 Å². The summed E-state index contributed by atoms with van der Waals surface area (Å²) in [6, 6.07) is 6.11. The molecule has 2 aromatic rings. The topological polar surface area (TPSA) is 50.2 Å². The minimum Gasteiger partial charge on any atom is -0.341 e. The van der Waals surface area contributed by atoms with Crippen LogP contribution in [0.25, 0.3) is 0 Å². The standard InChI is InChI=1S/C18H25FN4O.ClH/c1-4-9-23(10-8-14-6-5-7-16(19)11-14)18(24)17(20-2)15-12-21-22(3)13-15;/h5-7,11-13,17,20H,4,8-10H2,1-3H3;1H. The Morgan fingerprint density at radius 3 is 2.72 bits per heavy atom. The summed E-state index contributed by atoms with van der Waals surface area (Å²) in [6.07, 6.45) is 5.05. The van der Waals surface area contributed by atoms with Crippen LogP contribution in [0.1, 0.15) is 30.5 Å². The highest BCUT2D eigenvalue weighted by Crippen LogP contribution is 2.16. The van der Waals surface area contributed by atoms with Crippen LogP contribution in [0.15, 0.2) is 36.7 Å². The van der Waals surface area contributed by atoms with E-state index in [0.717, 1.165) is 17.5 Å². The van der Waals surface area contributed by atoms with Crippen molar-refractivity contribution in [1.29, 1.82) is 0 Å². The maximum absolute atomic E-state index is 13.3. The Labute approximate surface area is 154 Å². The number of hydrogen-bond acceptors (Lipinski definition) is 3. The number of nitrogens with one attached hydrogen (secondary N) is 1. The lowest BCUT2D eigenvalue weighted by Gasteiger charge is -2.26. The second-order valence-corrected chi connectivity index (χ2v) is 5.87. The van der Waals surface area contributed by atoms with Crippen molar-refractivity contribution in [2.75, 3.05) is 20.1 Å². The van der Waals surface area contributed by atoms with Crippen LogP contribution in [0, 0.1) is 5.82 Å². The zero-order valence-electron chi connectivity index (χ0n) is 14.9. The molecule has 7 heteroatoms. The quantitative estimate of drug-likeness (QED) is 0.779. The van der Waals surface area contributed by atoms with Gasteiger partial charge in [0.25, 0.3) is 0 Å². The third-order valence-electron chi connectivity index (χ3n) is 3.96. The van der Waals surface area contributed by atoms with E-state index < -0.39 is 6.04 Å². The maximum Gasteiger partial charge on any atom is 0.244 e. The van der Waals surface area contributed by atoms with Crippen LogP contribution in [0.5, 0.6) is 0 Å². The zero-order chi connectivity index (χ0) is 17.5. The van der Waals surface area contributed by atoms with Crippen LogP contribution in [0.2, 0.25) is 0 Å². The second kappa shape index (κ2) is 10.2. The van der Waals surface area contributed by atoms with Gasteiger partial charge < -0.3 is 10.2 Å². The van der Waals surface area contributed by atoms with Crippen LogP contribution in [-0.4, -0.2) is 40.7 Å². The smallest absolute Gasteiger partial charge is 0.244 e. The van der Waals surface area contributed by atoms with E-state index >= 15 is 0 Å². The van der Waals surface area contributed by atoms with Gasteiger partial charge in [-0.1, -0.05) is 19.1 Å². The van der Waals surface area contributed by atoms with Crippen molar-refractivity contribution in [3.05, 3.63) is 53.6 Å². The number of aromatic nitrogens is 2. The molecule has 1 amide bonds. The molecule has 1 aromatic heterocycles. The van der Waals surface area contributed by atoms with E-state index in [1.807, 2.05) is 31.1 Å². The van der Waals surface area contributed by atoms with Crippen LogP contribution in [0.3, 0.4) is 0 Å². The molecule has 0 radical (unpaired) electrons. The summed E-state index contributed by atoms with van der Waals surface area (Å²) in [5.41, 5.74) is 1.74. The number of benzene rings is 1. The summed E-state index contributed by atoms with van der Waals surface area (Å²) in [5, 5.41) is 7.21. The first kappa shape index (κ1) is 21.1. The number of rotatable bonds is 8. The minimum absolute atomic E-state index is 0. The molecule has 0 aliphatic heterocycles. The largest absolute Gasteiger partial charge is 0.341 e. The lowest BCUT2D eigenvalue weighted by Crippen LogP contribution is -2.41. The van der Waals surface area contributed by atoms with Gasteiger partial charge in [-0.3, -0.25) is 9.48 Å². The van der Waals surface area contributed by atoms with Gasteiger partial charge >= 0.3 is 0 Å². The fraction of sp³-hybridized carbons (Fsp3) is 0.444. The molecule has 2 rings (SSSR count). The van der Waals surface area contributed by atoms with Crippen molar-refractivity contribution in [3.63, 3.8) is 0 Å². The highest BCUT2D eigenvalue weighted by molar-refractivity contribution is 5.85. The summed E-state index contributed by atoms with van der Waals surface area (Å²) in [5.74, 6) is -0.229. The minimum atomic E-state index is -0.419. The summed E-state index contributed by atoms with van der Waals surface area (Å²) < 4.78 is 15.0. The average Bonchev–Trinajstić information content (AvgIpc) is 2.98. The molecule has 0 aliphatic carbocycles. The highest BCUT2D eigenvalue weighted by atomic mass is 35.5. The summed E-state index contributed by atoms with van der Waals surface area (Å²) in [4.78, 5) is 14.7. The molecular formula is C18H26ClFN4O. The Hall–Kier alpha value is -1.92. The number of hydrogen-bond donors (Lipinski definition) is 1. The predicted molar refractivity (Wildman–Crippen MR) is 99.2 cm³/mol. The summed E-state index contributed by atoms with van der Waals surface area (Å²) >= 11 is 0. The molecule has 0 saturated carbocycles. The fourth-order valence-corrected chi connectivity index (χ4v) is 2.76. The van der Waals surface area contributed by atoms with Gasteiger partial charge in [-0.15, -0.1) is 12.4 Å². The molecule has 5 nitrogen and oxygen atoms in total. The molecule has 138 valence electrons. The van der Waals surface area contributed by atoms with Crippen molar-refractivity contribution in [2.45, 2.75) is 25.8 Å². The molecule has 0 saturated heterocycles. The van der Waals surface area contributed by atoms with E-state index in [1.54, 1.807) is 24.0 Å². The monoisotopic (exact) mass is 368 g/mol. The summed E-state index contributed by atoms with van der Waals surface area (Å²) in [7, 11) is 3.60. The molecule has 1 heterocycles. The number of carbonyl (C=O) groups excluding carboxylic acids is 1. The predicted octanol–water partition coefficient (Wildman–Crippen LogP) is 2.72. The Morgan fingerprint density at radius 2 is 2.16 bits per heavy atom. The molecular weight excluding hydrogens is 343 g/mol. The lowest BCUT2D eigenvalue weighted by molar-refractivity contribution is -0.133. The van der Waals surface area contributed by atoms with Crippen LogP contribution in [0.4, 0.5) is 4.39 Å². The van der Waals surface area contributed by atoms with E-state index in [9.17, 15) is 9.18 Å². The number of amides is 1. The Kier molecular flexibility index (Phi) is 8.58. The first-order valence-corrected chi connectivity index (χ1v) is 8.24. The first-order valence-electron chi connectivity index (χ1n) is 8.24. The fourth-order valence-electron chi connectivity index (χ4n) is 2.76. The van der Waals surface area contributed by atoms with E-state index in [2.05, 4.69) is 10.4 Å². The van der Waals surface area contributed by atoms with Crippen molar-refractivity contribution >= 4 is 18.3 Å². The summed E-state index contributed by atoms with van der Waals surface area (Å²) in [6.45, 7) is 3.28. The maximum atomic E-state index is 13.3. The molecule has 0 bridgehead atoms. The Balaban J connectivity index is 0.00000312. The van der Waals surface area contributed by atoms with Crippen LogP contribution in [-0.2, 0) is 18.3 Å². The molecule has 1 atom stereocenters. The van der Waals surface area contributed by atoms with Gasteiger partial charge in [-0.25, -0.2) is 4.39 Å². The third kappa shape index (κ3) is 5.83.